The Kier molecular flexibility index (Phi) is 4.72. The molecule has 138 valence electrons. The van der Waals surface area contributed by atoms with Gasteiger partial charge in [-0.05, 0) is 38.5 Å². The van der Waals surface area contributed by atoms with E-state index in [0.29, 0.717) is 22.9 Å². The molecule has 1 aromatic carbocycles. The second kappa shape index (κ2) is 6.69. The molecular weight excluding hydrogens is 378 g/mol. The highest BCUT2D eigenvalue weighted by Crippen LogP contribution is 2.32. The van der Waals surface area contributed by atoms with Crippen molar-refractivity contribution in [2.75, 3.05) is 5.32 Å². The minimum Gasteiger partial charge on any atom is -0.478 e. The molecule has 0 fully saturated rings. The van der Waals surface area contributed by atoms with Crippen molar-refractivity contribution in [3.63, 3.8) is 0 Å². The molecule has 0 saturated heterocycles. The summed E-state index contributed by atoms with van der Waals surface area (Å²) in [5.41, 5.74) is 0.719. The van der Waals surface area contributed by atoms with Crippen LogP contribution in [0.1, 0.15) is 33.7 Å². The Morgan fingerprint density at radius 3 is 2.73 bits per heavy atom. The number of hydrogen-bond donors (Lipinski definition) is 2. The van der Waals surface area contributed by atoms with Crippen LogP contribution in [-0.4, -0.2) is 31.3 Å². The molecule has 0 unspecified atom stereocenters. The maximum Gasteiger partial charge on any atom is 0.276 e. The molecule has 2 heterocycles. The van der Waals surface area contributed by atoms with Gasteiger partial charge in [-0.25, -0.2) is 18.1 Å². The number of nitrogens with one attached hydrogen (secondary N) is 2. The predicted octanol–water partition coefficient (Wildman–Crippen LogP) is 1.99. The van der Waals surface area contributed by atoms with Crippen LogP contribution in [0.3, 0.4) is 0 Å². The monoisotopic (exact) mass is 395 g/mol. The minimum atomic E-state index is -4.11. The van der Waals surface area contributed by atoms with Crippen molar-refractivity contribution in [3.8, 4) is 5.75 Å². The lowest BCUT2D eigenvalue weighted by molar-refractivity contribution is -0.123. The number of carbonyl (C=O) groups excluding carboxylic acids is 2. The van der Waals surface area contributed by atoms with E-state index in [-0.39, 0.29) is 21.4 Å². The van der Waals surface area contributed by atoms with E-state index in [1.165, 1.54) is 18.2 Å². The van der Waals surface area contributed by atoms with Crippen LogP contribution >= 0.6 is 11.3 Å². The van der Waals surface area contributed by atoms with E-state index in [2.05, 4.69) is 10.3 Å². The van der Waals surface area contributed by atoms with E-state index < -0.39 is 22.0 Å². The third kappa shape index (κ3) is 3.42. The zero-order valence-corrected chi connectivity index (χ0v) is 16.0. The highest BCUT2D eigenvalue weighted by Gasteiger charge is 2.28. The lowest BCUT2D eigenvalue weighted by Gasteiger charge is -2.25. The van der Waals surface area contributed by atoms with Crippen LogP contribution in [0.15, 0.2) is 23.1 Å². The molecule has 2 amide bonds. The summed E-state index contributed by atoms with van der Waals surface area (Å²) in [7, 11) is -4.11. The van der Waals surface area contributed by atoms with Crippen molar-refractivity contribution in [2.45, 2.75) is 38.2 Å². The van der Waals surface area contributed by atoms with Gasteiger partial charge >= 0.3 is 0 Å². The number of rotatable bonds is 4. The van der Waals surface area contributed by atoms with Gasteiger partial charge in [-0.1, -0.05) is 6.92 Å². The lowest BCUT2D eigenvalue weighted by atomic mass is 10.2. The SMILES string of the molecule is CC[C@@H]1Oc2ccc(S(=O)(=O)NC(=O)c3sc(C)nc3C)cc2NC1=O. The number of aromatic nitrogens is 1. The number of amides is 2. The Bertz CT molecular complexity index is 997. The molecule has 10 heteroatoms. The van der Waals surface area contributed by atoms with Crippen LogP contribution in [-0.2, 0) is 14.8 Å². The number of ether oxygens (including phenoxy) is 1. The number of fused-ring (bicyclic) bond motifs is 1. The highest BCUT2D eigenvalue weighted by atomic mass is 32.2. The molecule has 0 radical (unpaired) electrons. The summed E-state index contributed by atoms with van der Waals surface area (Å²) in [6.07, 6.45) is -0.114. The summed E-state index contributed by atoms with van der Waals surface area (Å²) in [6, 6.07) is 4.04. The molecule has 3 rings (SSSR count). The number of thiazole rings is 1. The first-order valence-corrected chi connectivity index (χ1v) is 10.1. The van der Waals surface area contributed by atoms with Gasteiger partial charge in [0.25, 0.3) is 21.8 Å². The van der Waals surface area contributed by atoms with Crippen LogP contribution in [0, 0.1) is 13.8 Å². The van der Waals surface area contributed by atoms with Crippen LogP contribution in [0.2, 0.25) is 0 Å². The molecule has 2 aromatic rings. The number of carbonyl (C=O) groups is 2. The largest absolute Gasteiger partial charge is 0.478 e. The predicted molar refractivity (Wildman–Crippen MR) is 96.0 cm³/mol. The standard InChI is InChI=1S/C16H17N3O5S2/c1-4-12-15(20)18-11-7-10(5-6-13(11)24-12)26(22,23)19-16(21)14-8(2)17-9(3)25-14/h5-7,12H,4H2,1-3H3,(H,18,20)(H,19,21)/t12-/m0/s1. The van der Waals surface area contributed by atoms with Crippen molar-refractivity contribution in [1.82, 2.24) is 9.71 Å². The normalized spacial score (nSPS) is 16.4. The van der Waals surface area contributed by atoms with Crippen molar-refractivity contribution in [2.24, 2.45) is 0 Å². The van der Waals surface area contributed by atoms with Gasteiger partial charge in [-0.3, -0.25) is 9.59 Å². The summed E-state index contributed by atoms with van der Waals surface area (Å²) in [5.74, 6) is -0.692. The van der Waals surface area contributed by atoms with E-state index in [1.807, 2.05) is 11.6 Å². The topological polar surface area (TPSA) is 114 Å². The van der Waals surface area contributed by atoms with E-state index in [0.717, 1.165) is 11.3 Å². The summed E-state index contributed by atoms with van der Waals surface area (Å²) < 4.78 is 32.6. The summed E-state index contributed by atoms with van der Waals surface area (Å²) in [4.78, 5) is 28.4. The Morgan fingerprint density at radius 2 is 2.12 bits per heavy atom. The molecule has 0 bridgehead atoms. The molecule has 0 aliphatic carbocycles. The van der Waals surface area contributed by atoms with Crippen molar-refractivity contribution < 1.29 is 22.7 Å². The van der Waals surface area contributed by atoms with Crippen LogP contribution in [0.25, 0.3) is 0 Å². The minimum absolute atomic E-state index is 0.151. The van der Waals surface area contributed by atoms with Gasteiger partial charge < -0.3 is 10.1 Å². The molecule has 2 N–H and O–H groups in total. The van der Waals surface area contributed by atoms with Crippen molar-refractivity contribution in [1.29, 1.82) is 0 Å². The van der Waals surface area contributed by atoms with Gasteiger partial charge in [0.15, 0.2) is 6.10 Å². The zero-order chi connectivity index (χ0) is 19.1. The molecular formula is C16H17N3O5S2. The number of benzene rings is 1. The number of aryl methyl sites for hydroxylation is 2. The number of hydrogen-bond acceptors (Lipinski definition) is 7. The second-order valence-electron chi connectivity index (χ2n) is 5.74. The first kappa shape index (κ1) is 18.3. The van der Waals surface area contributed by atoms with Gasteiger partial charge in [0.2, 0.25) is 0 Å². The van der Waals surface area contributed by atoms with Crippen LogP contribution in [0.5, 0.6) is 5.75 Å². The fraction of sp³-hybridized carbons (Fsp3) is 0.312. The molecule has 1 atom stereocenters. The Hall–Kier alpha value is -2.46. The number of sulfonamides is 1. The average Bonchev–Trinajstić information content (AvgIpc) is 2.91. The van der Waals surface area contributed by atoms with E-state index >= 15 is 0 Å². The summed E-state index contributed by atoms with van der Waals surface area (Å²) in [6.45, 7) is 5.19. The molecule has 8 nitrogen and oxygen atoms in total. The molecule has 0 spiro atoms. The molecule has 26 heavy (non-hydrogen) atoms. The van der Waals surface area contributed by atoms with Gasteiger partial charge in [-0.2, -0.15) is 0 Å². The van der Waals surface area contributed by atoms with Gasteiger partial charge in [0, 0.05) is 0 Å². The fourth-order valence-corrected chi connectivity index (χ4v) is 4.40. The summed E-state index contributed by atoms with van der Waals surface area (Å²) >= 11 is 1.12. The number of anilines is 1. The Morgan fingerprint density at radius 1 is 1.38 bits per heavy atom. The van der Waals surface area contributed by atoms with Crippen LogP contribution in [0.4, 0.5) is 5.69 Å². The lowest BCUT2D eigenvalue weighted by Crippen LogP contribution is -2.36. The van der Waals surface area contributed by atoms with Gasteiger partial charge in [0.05, 0.1) is 21.3 Å². The third-order valence-electron chi connectivity index (χ3n) is 3.79. The maximum atomic E-state index is 12.5. The third-order valence-corrected chi connectivity index (χ3v) is 6.19. The van der Waals surface area contributed by atoms with Gasteiger partial charge in [0.1, 0.15) is 10.6 Å². The maximum absolute atomic E-state index is 12.5. The van der Waals surface area contributed by atoms with Gasteiger partial charge in [-0.15, -0.1) is 11.3 Å². The van der Waals surface area contributed by atoms with Crippen molar-refractivity contribution in [3.05, 3.63) is 33.8 Å². The van der Waals surface area contributed by atoms with E-state index in [9.17, 15) is 18.0 Å². The first-order chi connectivity index (χ1) is 12.2. The highest BCUT2D eigenvalue weighted by molar-refractivity contribution is 7.90. The fourth-order valence-electron chi connectivity index (χ4n) is 2.53. The van der Waals surface area contributed by atoms with E-state index in [1.54, 1.807) is 13.8 Å². The molecule has 1 aliphatic rings. The second-order valence-corrected chi connectivity index (χ2v) is 8.63. The zero-order valence-electron chi connectivity index (χ0n) is 14.3. The van der Waals surface area contributed by atoms with E-state index in [4.69, 9.17) is 4.74 Å². The average molecular weight is 395 g/mol. The Balaban J connectivity index is 1.86. The Labute approximate surface area is 154 Å². The quantitative estimate of drug-likeness (QED) is 0.818. The van der Waals surface area contributed by atoms with Crippen LogP contribution < -0.4 is 14.8 Å². The van der Waals surface area contributed by atoms with Crippen molar-refractivity contribution >= 4 is 38.9 Å². The first-order valence-electron chi connectivity index (χ1n) is 7.84. The number of nitrogens with zero attached hydrogens (tertiary/aromatic N) is 1. The summed E-state index contributed by atoms with van der Waals surface area (Å²) in [5, 5.41) is 3.29. The molecule has 1 aromatic heterocycles. The molecule has 0 saturated carbocycles. The molecule has 1 aliphatic heterocycles. The smallest absolute Gasteiger partial charge is 0.276 e.